The molecule has 0 unspecified atom stereocenters. The molecule has 18 heavy (non-hydrogen) atoms. The van der Waals surface area contributed by atoms with Crippen LogP contribution >= 0.6 is 0 Å². The Morgan fingerprint density at radius 3 is 2.28 bits per heavy atom. The molecule has 0 heterocycles. The highest BCUT2D eigenvalue weighted by Crippen LogP contribution is 2.13. The predicted molar refractivity (Wildman–Crippen MR) is 78.2 cm³/mol. The van der Waals surface area contributed by atoms with Gasteiger partial charge in [-0.2, -0.15) is 0 Å². The summed E-state index contributed by atoms with van der Waals surface area (Å²) in [4.78, 5) is 0. The van der Waals surface area contributed by atoms with Gasteiger partial charge in [-0.05, 0) is 43.0 Å². The largest absolute Gasteiger partial charge is 0.494 e. The highest BCUT2D eigenvalue weighted by Gasteiger charge is 1.98. The molecule has 0 fully saturated rings. The molecular weight excluding hydrogens is 222 g/mol. The van der Waals surface area contributed by atoms with Crippen LogP contribution in [0.15, 0.2) is 24.3 Å². The summed E-state index contributed by atoms with van der Waals surface area (Å²) in [7, 11) is 0. The summed E-state index contributed by atoms with van der Waals surface area (Å²) in [6.45, 7) is 10.6. The maximum Gasteiger partial charge on any atom is 0.119 e. The van der Waals surface area contributed by atoms with Crippen LogP contribution in [0.4, 0.5) is 0 Å². The molecule has 0 bridgehead atoms. The van der Waals surface area contributed by atoms with Crippen LogP contribution < -0.4 is 10.1 Å². The van der Waals surface area contributed by atoms with E-state index in [-0.39, 0.29) is 0 Å². The van der Waals surface area contributed by atoms with E-state index < -0.39 is 0 Å². The number of hydrogen-bond acceptors (Lipinski definition) is 2. The van der Waals surface area contributed by atoms with Crippen LogP contribution in [0.1, 0.15) is 39.7 Å². The smallest absolute Gasteiger partial charge is 0.119 e. The zero-order valence-electron chi connectivity index (χ0n) is 12.2. The lowest BCUT2D eigenvalue weighted by atomic mass is 10.1. The average molecular weight is 249 g/mol. The molecule has 2 nitrogen and oxygen atoms in total. The zero-order valence-corrected chi connectivity index (χ0v) is 12.2. The van der Waals surface area contributed by atoms with E-state index in [1.54, 1.807) is 0 Å². The molecule has 1 rings (SSSR count). The highest BCUT2D eigenvalue weighted by atomic mass is 16.5. The molecule has 0 radical (unpaired) electrons. The van der Waals surface area contributed by atoms with Gasteiger partial charge in [-0.25, -0.2) is 0 Å². The third-order valence-electron chi connectivity index (χ3n) is 2.85. The van der Waals surface area contributed by atoms with Crippen molar-refractivity contribution in [3.8, 4) is 5.75 Å². The first-order chi connectivity index (χ1) is 8.58. The van der Waals surface area contributed by atoms with Crippen molar-refractivity contribution >= 4 is 0 Å². The molecule has 1 aromatic carbocycles. The van der Waals surface area contributed by atoms with Crippen LogP contribution in [0, 0.1) is 5.92 Å². The summed E-state index contributed by atoms with van der Waals surface area (Å²) >= 11 is 0. The second-order valence-electron chi connectivity index (χ2n) is 5.53. The van der Waals surface area contributed by atoms with Crippen molar-refractivity contribution in [3.05, 3.63) is 29.8 Å². The second kappa shape index (κ2) is 8.15. The molecule has 0 aliphatic carbocycles. The van der Waals surface area contributed by atoms with E-state index in [4.69, 9.17) is 4.74 Å². The molecule has 0 saturated carbocycles. The lowest BCUT2D eigenvalue weighted by molar-refractivity contribution is 0.289. The van der Waals surface area contributed by atoms with Gasteiger partial charge < -0.3 is 10.1 Å². The summed E-state index contributed by atoms with van der Waals surface area (Å²) in [6, 6.07) is 9.03. The fourth-order valence-corrected chi connectivity index (χ4v) is 1.67. The fourth-order valence-electron chi connectivity index (χ4n) is 1.67. The maximum absolute atomic E-state index is 5.70. The van der Waals surface area contributed by atoms with Crippen molar-refractivity contribution in [2.45, 2.75) is 46.6 Å². The Bertz CT molecular complexity index is 283. The summed E-state index contributed by atoms with van der Waals surface area (Å²) in [5, 5.41) is 3.42. The molecule has 0 aliphatic heterocycles. The van der Waals surface area contributed by atoms with E-state index in [9.17, 15) is 0 Å². The van der Waals surface area contributed by atoms with Gasteiger partial charge in [-0.15, -0.1) is 0 Å². The van der Waals surface area contributed by atoms with Gasteiger partial charge in [0.15, 0.2) is 0 Å². The Balaban J connectivity index is 2.28. The highest BCUT2D eigenvalue weighted by molar-refractivity contribution is 5.27. The topological polar surface area (TPSA) is 21.3 Å². The fraction of sp³-hybridized carbons (Fsp3) is 0.625. The maximum atomic E-state index is 5.70. The SMILES string of the molecule is CC(C)CCOc1ccc(CCNC(C)C)cc1. The standard InChI is InChI=1S/C16H27NO/c1-13(2)10-12-18-16-7-5-15(6-8-16)9-11-17-14(3)4/h5-8,13-14,17H,9-12H2,1-4H3. The van der Waals surface area contributed by atoms with Gasteiger partial charge in [-0.1, -0.05) is 39.8 Å². The number of benzene rings is 1. The van der Waals surface area contributed by atoms with E-state index in [2.05, 4.69) is 57.3 Å². The Labute approximate surface area is 112 Å². The molecule has 0 atom stereocenters. The van der Waals surface area contributed by atoms with Crippen LogP contribution in [0.3, 0.4) is 0 Å². The monoisotopic (exact) mass is 249 g/mol. The van der Waals surface area contributed by atoms with Gasteiger partial charge >= 0.3 is 0 Å². The van der Waals surface area contributed by atoms with Crippen molar-refractivity contribution in [2.75, 3.05) is 13.2 Å². The lowest BCUT2D eigenvalue weighted by Gasteiger charge is -2.10. The van der Waals surface area contributed by atoms with Gasteiger partial charge in [0.05, 0.1) is 6.61 Å². The summed E-state index contributed by atoms with van der Waals surface area (Å²) in [5.74, 6) is 1.68. The quantitative estimate of drug-likeness (QED) is 0.759. The third-order valence-corrected chi connectivity index (χ3v) is 2.85. The van der Waals surface area contributed by atoms with E-state index >= 15 is 0 Å². The minimum atomic E-state index is 0.559. The minimum absolute atomic E-state index is 0.559. The molecule has 0 saturated heterocycles. The Morgan fingerprint density at radius 1 is 1.06 bits per heavy atom. The number of ether oxygens (including phenoxy) is 1. The number of rotatable bonds is 8. The zero-order chi connectivity index (χ0) is 13.4. The van der Waals surface area contributed by atoms with Gasteiger partial charge in [0.1, 0.15) is 5.75 Å². The van der Waals surface area contributed by atoms with Crippen LogP contribution in [-0.4, -0.2) is 19.2 Å². The van der Waals surface area contributed by atoms with Crippen LogP contribution in [0.2, 0.25) is 0 Å². The number of nitrogens with one attached hydrogen (secondary N) is 1. The second-order valence-corrected chi connectivity index (χ2v) is 5.53. The first-order valence-corrected chi connectivity index (χ1v) is 7.03. The molecule has 1 aromatic rings. The van der Waals surface area contributed by atoms with Gasteiger partial charge in [0, 0.05) is 6.04 Å². The van der Waals surface area contributed by atoms with E-state index in [1.807, 2.05) is 0 Å². The normalized spacial score (nSPS) is 11.2. The van der Waals surface area contributed by atoms with Crippen molar-refractivity contribution < 1.29 is 4.74 Å². The summed E-state index contributed by atoms with van der Waals surface area (Å²) < 4.78 is 5.70. The molecule has 0 aliphatic rings. The van der Waals surface area contributed by atoms with Gasteiger partial charge in [0.2, 0.25) is 0 Å². The van der Waals surface area contributed by atoms with Crippen molar-refractivity contribution in [1.29, 1.82) is 0 Å². The van der Waals surface area contributed by atoms with Gasteiger partial charge in [0.25, 0.3) is 0 Å². The summed E-state index contributed by atoms with van der Waals surface area (Å²) in [5.41, 5.74) is 1.36. The van der Waals surface area contributed by atoms with Gasteiger partial charge in [-0.3, -0.25) is 0 Å². The first kappa shape index (κ1) is 15.0. The Kier molecular flexibility index (Phi) is 6.81. The van der Waals surface area contributed by atoms with Crippen LogP contribution in [0.25, 0.3) is 0 Å². The van der Waals surface area contributed by atoms with Crippen molar-refractivity contribution in [1.82, 2.24) is 5.32 Å². The molecule has 2 heteroatoms. The van der Waals surface area contributed by atoms with Crippen molar-refractivity contribution in [2.24, 2.45) is 5.92 Å². The molecule has 1 N–H and O–H groups in total. The molecule has 0 aromatic heterocycles. The van der Waals surface area contributed by atoms with E-state index in [0.717, 1.165) is 31.7 Å². The van der Waals surface area contributed by atoms with Crippen LogP contribution in [0.5, 0.6) is 5.75 Å². The average Bonchev–Trinajstić information content (AvgIpc) is 2.30. The van der Waals surface area contributed by atoms with E-state index in [1.165, 1.54) is 5.56 Å². The molecule has 102 valence electrons. The van der Waals surface area contributed by atoms with Crippen molar-refractivity contribution in [3.63, 3.8) is 0 Å². The Hall–Kier alpha value is -1.02. The molecular formula is C16H27NO. The number of hydrogen-bond donors (Lipinski definition) is 1. The van der Waals surface area contributed by atoms with Crippen LogP contribution in [-0.2, 0) is 6.42 Å². The first-order valence-electron chi connectivity index (χ1n) is 7.03. The predicted octanol–water partition coefficient (Wildman–Crippen LogP) is 3.65. The molecule has 0 amide bonds. The molecule has 0 spiro atoms. The summed E-state index contributed by atoms with van der Waals surface area (Å²) in [6.07, 6.45) is 2.19. The lowest BCUT2D eigenvalue weighted by Crippen LogP contribution is -2.24. The minimum Gasteiger partial charge on any atom is -0.494 e. The van der Waals surface area contributed by atoms with E-state index in [0.29, 0.717) is 12.0 Å². The Morgan fingerprint density at radius 2 is 1.72 bits per heavy atom. The third kappa shape index (κ3) is 6.65.